The van der Waals surface area contributed by atoms with Crippen molar-refractivity contribution in [3.8, 4) is 0 Å². The minimum absolute atomic E-state index is 0.306. The van der Waals surface area contributed by atoms with Crippen LogP contribution in [0.25, 0.3) is 11.6 Å². The molecule has 1 N–H and O–H groups in total. The van der Waals surface area contributed by atoms with Crippen LogP contribution in [0.15, 0.2) is 48.5 Å². The molecule has 1 fully saturated rings. The van der Waals surface area contributed by atoms with E-state index in [-0.39, 0.29) is 0 Å². The van der Waals surface area contributed by atoms with E-state index in [2.05, 4.69) is 4.90 Å². The minimum atomic E-state index is -1.24. The second-order valence-corrected chi connectivity index (χ2v) is 6.88. The third kappa shape index (κ3) is 3.77. The summed E-state index contributed by atoms with van der Waals surface area (Å²) in [5.74, 6) is -2.43. The molecule has 29 heavy (non-hydrogen) atoms. The molecule has 2 aliphatic heterocycles. The van der Waals surface area contributed by atoms with Crippen molar-refractivity contribution in [1.29, 1.82) is 0 Å². The van der Waals surface area contributed by atoms with Gasteiger partial charge >= 0.3 is 5.97 Å². The molecule has 7 heteroatoms. The number of amides is 2. The highest BCUT2D eigenvalue weighted by atomic mass is 16.5. The largest absolute Gasteiger partial charge is 0.480 e. The fraction of sp³-hybridized carbons (Fsp3) is 0.227. The summed E-state index contributed by atoms with van der Waals surface area (Å²) >= 11 is 0. The zero-order valence-corrected chi connectivity index (χ0v) is 15.7. The lowest BCUT2D eigenvalue weighted by Gasteiger charge is -2.29. The first-order valence-electron chi connectivity index (χ1n) is 9.36. The standard InChI is InChI=1S/C22H20N2O5/c25-20(26)14-24-21(27)18-4-2-1-3-17(18)19(22(24)28)13-15-5-7-16(8-6-15)23-9-11-29-12-10-23/h1-8,13H,9-12,14H2,(H,25,26)/b19-13-. The van der Waals surface area contributed by atoms with Crippen molar-refractivity contribution >= 4 is 35.1 Å². The number of carboxylic acids is 1. The van der Waals surface area contributed by atoms with Crippen LogP contribution in [0.4, 0.5) is 5.69 Å². The highest BCUT2D eigenvalue weighted by Gasteiger charge is 2.35. The van der Waals surface area contributed by atoms with Crippen LogP contribution in [0.1, 0.15) is 21.5 Å². The number of aliphatic carboxylic acids is 1. The molecule has 0 aliphatic carbocycles. The monoisotopic (exact) mass is 392 g/mol. The molecule has 7 nitrogen and oxygen atoms in total. The van der Waals surface area contributed by atoms with Crippen molar-refractivity contribution in [2.45, 2.75) is 0 Å². The number of ether oxygens (including phenoxy) is 1. The van der Waals surface area contributed by atoms with Crippen LogP contribution in [-0.4, -0.2) is 60.6 Å². The Morgan fingerprint density at radius 3 is 2.28 bits per heavy atom. The minimum Gasteiger partial charge on any atom is -0.480 e. The van der Waals surface area contributed by atoms with Crippen molar-refractivity contribution in [1.82, 2.24) is 4.90 Å². The molecule has 2 aromatic carbocycles. The number of fused-ring (bicyclic) bond motifs is 1. The van der Waals surface area contributed by atoms with Gasteiger partial charge in [-0.3, -0.25) is 19.3 Å². The fourth-order valence-corrected chi connectivity index (χ4v) is 3.59. The quantitative estimate of drug-likeness (QED) is 0.634. The number of carbonyl (C=O) groups is 3. The van der Waals surface area contributed by atoms with Crippen LogP contribution in [0.3, 0.4) is 0 Å². The number of hydrogen-bond acceptors (Lipinski definition) is 5. The molecule has 2 amide bonds. The van der Waals surface area contributed by atoms with Crippen LogP contribution in [-0.2, 0) is 14.3 Å². The summed E-state index contributed by atoms with van der Waals surface area (Å²) in [7, 11) is 0. The lowest BCUT2D eigenvalue weighted by Crippen LogP contribution is -2.44. The molecule has 148 valence electrons. The summed E-state index contributed by atoms with van der Waals surface area (Å²) in [4.78, 5) is 39.6. The molecule has 2 aromatic rings. The fourth-order valence-electron chi connectivity index (χ4n) is 3.59. The molecule has 0 saturated carbocycles. The Labute approximate surface area is 167 Å². The Bertz CT molecular complexity index is 991. The second-order valence-electron chi connectivity index (χ2n) is 6.88. The van der Waals surface area contributed by atoms with Crippen molar-refractivity contribution in [3.05, 3.63) is 65.2 Å². The zero-order chi connectivity index (χ0) is 20.4. The first kappa shape index (κ1) is 18.9. The smallest absolute Gasteiger partial charge is 0.323 e. The highest BCUT2D eigenvalue weighted by Crippen LogP contribution is 2.30. The van der Waals surface area contributed by atoms with Crippen molar-refractivity contribution < 1.29 is 24.2 Å². The first-order valence-corrected chi connectivity index (χ1v) is 9.36. The average molecular weight is 392 g/mol. The molecule has 2 heterocycles. The Balaban J connectivity index is 1.69. The number of hydrogen-bond donors (Lipinski definition) is 1. The van der Waals surface area contributed by atoms with E-state index in [1.807, 2.05) is 24.3 Å². The normalized spacial score (nSPS) is 18.1. The van der Waals surface area contributed by atoms with Gasteiger partial charge < -0.3 is 14.7 Å². The molecule has 0 atom stereocenters. The van der Waals surface area contributed by atoms with E-state index in [0.29, 0.717) is 29.9 Å². The van der Waals surface area contributed by atoms with Crippen molar-refractivity contribution in [3.63, 3.8) is 0 Å². The molecule has 0 radical (unpaired) electrons. The van der Waals surface area contributed by atoms with Crippen molar-refractivity contribution in [2.75, 3.05) is 37.7 Å². The van der Waals surface area contributed by atoms with E-state index < -0.39 is 24.3 Å². The number of anilines is 1. The summed E-state index contributed by atoms with van der Waals surface area (Å²) in [5, 5.41) is 9.10. The third-order valence-corrected chi connectivity index (χ3v) is 5.04. The van der Waals surface area contributed by atoms with Crippen LogP contribution in [0.5, 0.6) is 0 Å². The van der Waals surface area contributed by atoms with Crippen LogP contribution in [0.2, 0.25) is 0 Å². The molecule has 2 aliphatic rings. The topological polar surface area (TPSA) is 87.2 Å². The average Bonchev–Trinajstić information content (AvgIpc) is 2.75. The molecular formula is C22H20N2O5. The maximum absolute atomic E-state index is 12.9. The van der Waals surface area contributed by atoms with E-state index in [1.54, 1.807) is 30.3 Å². The summed E-state index contributed by atoms with van der Waals surface area (Å²) in [5.41, 5.74) is 3.02. The highest BCUT2D eigenvalue weighted by molar-refractivity contribution is 6.34. The maximum Gasteiger partial charge on any atom is 0.323 e. The molecule has 0 aromatic heterocycles. The van der Waals surface area contributed by atoms with E-state index in [1.165, 1.54) is 0 Å². The lowest BCUT2D eigenvalue weighted by atomic mass is 9.92. The number of rotatable bonds is 4. The van der Waals surface area contributed by atoms with Crippen LogP contribution >= 0.6 is 0 Å². The summed E-state index contributed by atoms with van der Waals surface area (Å²) in [6.45, 7) is 2.39. The van der Waals surface area contributed by atoms with Gasteiger partial charge in [0.25, 0.3) is 11.8 Å². The van der Waals surface area contributed by atoms with Gasteiger partial charge in [0.1, 0.15) is 6.54 Å². The molecule has 0 unspecified atom stereocenters. The Kier molecular flexibility index (Phi) is 5.14. The number of imide groups is 1. The van der Waals surface area contributed by atoms with Gasteiger partial charge in [0.2, 0.25) is 0 Å². The predicted octanol–water partition coefficient (Wildman–Crippen LogP) is 2.13. The Hall–Kier alpha value is -3.45. The molecule has 0 spiro atoms. The van der Waals surface area contributed by atoms with Gasteiger partial charge in [0, 0.05) is 29.9 Å². The number of carboxylic acid groups (broad SMARTS) is 1. The zero-order valence-electron chi connectivity index (χ0n) is 15.7. The van der Waals surface area contributed by atoms with Gasteiger partial charge in [-0.25, -0.2) is 0 Å². The van der Waals surface area contributed by atoms with Crippen molar-refractivity contribution in [2.24, 2.45) is 0 Å². The van der Waals surface area contributed by atoms with Gasteiger partial charge in [-0.15, -0.1) is 0 Å². The molecular weight excluding hydrogens is 372 g/mol. The summed E-state index contributed by atoms with van der Waals surface area (Å²) in [6, 6.07) is 14.5. The van der Waals surface area contributed by atoms with Crippen LogP contribution in [0, 0.1) is 0 Å². The van der Waals surface area contributed by atoms with Crippen LogP contribution < -0.4 is 4.90 Å². The number of benzene rings is 2. The maximum atomic E-state index is 12.9. The molecule has 1 saturated heterocycles. The first-order chi connectivity index (χ1) is 14.0. The summed E-state index contributed by atoms with van der Waals surface area (Å²) in [6.07, 6.45) is 1.70. The number of morpholine rings is 1. The SMILES string of the molecule is O=C(O)CN1C(=O)/C(=C\c2ccc(N3CCOCC3)cc2)c2ccccc2C1=O. The van der Waals surface area contributed by atoms with E-state index in [4.69, 9.17) is 9.84 Å². The Morgan fingerprint density at radius 2 is 1.62 bits per heavy atom. The molecule has 4 rings (SSSR count). The number of nitrogens with zero attached hydrogens (tertiary/aromatic N) is 2. The lowest BCUT2D eigenvalue weighted by molar-refractivity contribution is -0.141. The number of carbonyl (C=O) groups excluding carboxylic acids is 2. The van der Waals surface area contributed by atoms with Gasteiger partial charge in [-0.05, 0) is 35.4 Å². The van der Waals surface area contributed by atoms with E-state index in [0.717, 1.165) is 29.2 Å². The van der Waals surface area contributed by atoms with Gasteiger partial charge in [-0.1, -0.05) is 30.3 Å². The van der Waals surface area contributed by atoms with Gasteiger partial charge in [0.15, 0.2) is 0 Å². The predicted molar refractivity (Wildman–Crippen MR) is 107 cm³/mol. The van der Waals surface area contributed by atoms with E-state index in [9.17, 15) is 14.4 Å². The van der Waals surface area contributed by atoms with Gasteiger partial charge in [-0.2, -0.15) is 0 Å². The van der Waals surface area contributed by atoms with Gasteiger partial charge in [0.05, 0.1) is 13.2 Å². The second kappa shape index (κ2) is 7.89. The van der Waals surface area contributed by atoms with E-state index >= 15 is 0 Å². The summed E-state index contributed by atoms with van der Waals surface area (Å²) < 4.78 is 5.37. The Morgan fingerprint density at radius 1 is 0.966 bits per heavy atom. The molecule has 0 bridgehead atoms. The third-order valence-electron chi connectivity index (χ3n) is 5.04.